The molecule has 0 aliphatic rings. The summed E-state index contributed by atoms with van der Waals surface area (Å²) < 4.78 is 6.43. The highest BCUT2D eigenvalue weighted by molar-refractivity contribution is 5.75. The maximum Gasteiger partial charge on any atom is 0.322 e. The minimum Gasteiger partial charge on any atom is -0.468 e. The molecule has 1 rings (SSSR count). The van der Waals surface area contributed by atoms with Gasteiger partial charge in [0.05, 0.1) is 7.11 Å². The van der Waals surface area contributed by atoms with Gasteiger partial charge in [0.15, 0.2) is 0 Å². The van der Waals surface area contributed by atoms with Gasteiger partial charge in [0, 0.05) is 12.6 Å². The van der Waals surface area contributed by atoms with E-state index in [0.717, 1.165) is 0 Å². The van der Waals surface area contributed by atoms with Crippen LogP contribution in [0.2, 0.25) is 0 Å². The SMILES string of the molecule is COC(=O)C(CCn1cncn1)NC(C)C. The van der Waals surface area contributed by atoms with E-state index in [-0.39, 0.29) is 18.1 Å². The van der Waals surface area contributed by atoms with Gasteiger partial charge in [0.1, 0.15) is 18.7 Å². The van der Waals surface area contributed by atoms with Gasteiger partial charge in [-0.1, -0.05) is 13.8 Å². The minimum atomic E-state index is -0.297. The highest BCUT2D eigenvalue weighted by Crippen LogP contribution is 1.99. The molecule has 0 amide bonds. The lowest BCUT2D eigenvalue weighted by atomic mass is 10.2. The smallest absolute Gasteiger partial charge is 0.322 e. The number of aromatic nitrogens is 3. The number of methoxy groups -OCH3 is 1. The van der Waals surface area contributed by atoms with E-state index in [1.807, 2.05) is 13.8 Å². The molecule has 0 saturated carbocycles. The number of hydrogen-bond acceptors (Lipinski definition) is 5. The Labute approximate surface area is 95.0 Å². The fourth-order valence-electron chi connectivity index (χ4n) is 1.42. The van der Waals surface area contributed by atoms with Crippen LogP contribution in [0, 0.1) is 0 Å². The van der Waals surface area contributed by atoms with Crippen LogP contribution in [0.15, 0.2) is 12.7 Å². The Morgan fingerprint density at radius 2 is 2.31 bits per heavy atom. The van der Waals surface area contributed by atoms with Gasteiger partial charge in [-0.2, -0.15) is 5.10 Å². The lowest BCUT2D eigenvalue weighted by Crippen LogP contribution is -2.42. The second kappa shape index (κ2) is 6.22. The lowest BCUT2D eigenvalue weighted by molar-refractivity contribution is -0.143. The molecular formula is C10H18N4O2. The number of carbonyl (C=O) groups excluding carboxylic acids is 1. The Hall–Kier alpha value is -1.43. The molecule has 0 saturated heterocycles. The van der Waals surface area contributed by atoms with E-state index >= 15 is 0 Å². The number of carbonyl (C=O) groups is 1. The fourth-order valence-corrected chi connectivity index (χ4v) is 1.42. The van der Waals surface area contributed by atoms with Crippen LogP contribution in [0.3, 0.4) is 0 Å². The molecule has 6 nitrogen and oxygen atoms in total. The van der Waals surface area contributed by atoms with Crippen LogP contribution in [0.5, 0.6) is 0 Å². The summed E-state index contributed by atoms with van der Waals surface area (Å²) in [5.74, 6) is -0.242. The van der Waals surface area contributed by atoms with Crippen molar-refractivity contribution in [3.63, 3.8) is 0 Å². The molecular weight excluding hydrogens is 208 g/mol. The molecule has 16 heavy (non-hydrogen) atoms. The number of nitrogens with one attached hydrogen (secondary N) is 1. The number of nitrogens with zero attached hydrogens (tertiary/aromatic N) is 3. The van der Waals surface area contributed by atoms with Crippen molar-refractivity contribution in [3.05, 3.63) is 12.7 Å². The largest absolute Gasteiger partial charge is 0.468 e. The maximum atomic E-state index is 11.5. The molecule has 1 aromatic heterocycles. The Balaban J connectivity index is 2.46. The normalized spacial score (nSPS) is 12.8. The summed E-state index contributed by atoms with van der Waals surface area (Å²) in [4.78, 5) is 15.3. The first-order valence-electron chi connectivity index (χ1n) is 5.29. The van der Waals surface area contributed by atoms with Crippen LogP contribution in [0.4, 0.5) is 0 Å². The molecule has 6 heteroatoms. The number of rotatable bonds is 6. The molecule has 0 aliphatic carbocycles. The second-order valence-electron chi connectivity index (χ2n) is 3.84. The zero-order valence-electron chi connectivity index (χ0n) is 9.88. The fraction of sp³-hybridized carbons (Fsp3) is 0.700. The Morgan fingerprint density at radius 1 is 1.56 bits per heavy atom. The highest BCUT2D eigenvalue weighted by Gasteiger charge is 2.19. The third-order valence-electron chi connectivity index (χ3n) is 2.13. The van der Waals surface area contributed by atoms with Crippen LogP contribution in [0.25, 0.3) is 0 Å². The molecule has 1 aromatic rings. The maximum absolute atomic E-state index is 11.5. The summed E-state index contributed by atoms with van der Waals surface area (Å²) in [7, 11) is 1.40. The Morgan fingerprint density at radius 3 is 2.81 bits per heavy atom. The van der Waals surface area contributed by atoms with Crippen molar-refractivity contribution in [1.82, 2.24) is 20.1 Å². The Kier molecular flexibility index (Phi) is 4.91. The summed E-state index contributed by atoms with van der Waals surface area (Å²) in [5, 5.41) is 7.14. The summed E-state index contributed by atoms with van der Waals surface area (Å²) in [5.41, 5.74) is 0. The van der Waals surface area contributed by atoms with Crippen molar-refractivity contribution in [2.45, 2.75) is 38.9 Å². The average molecular weight is 226 g/mol. The first-order valence-corrected chi connectivity index (χ1v) is 5.29. The van der Waals surface area contributed by atoms with Crippen molar-refractivity contribution < 1.29 is 9.53 Å². The third kappa shape index (κ3) is 3.98. The molecule has 1 unspecified atom stereocenters. The van der Waals surface area contributed by atoms with Crippen LogP contribution < -0.4 is 5.32 Å². The van der Waals surface area contributed by atoms with Gasteiger partial charge in [-0.05, 0) is 6.42 Å². The van der Waals surface area contributed by atoms with E-state index in [2.05, 4.69) is 15.4 Å². The van der Waals surface area contributed by atoms with Crippen LogP contribution in [-0.4, -0.2) is 39.9 Å². The zero-order valence-corrected chi connectivity index (χ0v) is 9.88. The van der Waals surface area contributed by atoms with E-state index in [0.29, 0.717) is 13.0 Å². The molecule has 90 valence electrons. The quantitative estimate of drug-likeness (QED) is 0.702. The van der Waals surface area contributed by atoms with Crippen molar-refractivity contribution in [2.75, 3.05) is 7.11 Å². The molecule has 1 atom stereocenters. The van der Waals surface area contributed by atoms with Gasteiger partial charge in [0.2, 0.25) is 0 Å². The van der Waals surface area contributed by atoms with E-state index in [9.17, 15) is 4.79 Å². The predicted molar refractivity (Wildman–Crippen MR) is 58.7 cm³/mol. The highest BCUT2D eigenvalue weighted by atomic mass is 16.5. The molecule has 0 aromatic carbocycles. The first-order chi connectivity index (χ1) is 7.63. The molecule has 0 radical (unpaired) electrons. The molecule has 0 bridgehead atoms. The lowest BCUT2D eigenvalue weighted by Gasteiger charge is -2.18. The van der Waals surface area contributed by atoms with E-state index in [1.54, 1.807) is 11.0 Å². The van der Waals surface area contributed by atoms with Gasteiger partial charge in [-0.15, -0.1) is 0 Å². The summed E-state index contributed by atoms with van der Waals surface area (Å²) in [6.45, 7) is 4.62. The van der Waals surface area contributed by atoms with E-state index in [4.69, 9.17) is 4.74 Å². The van der Waals surface area contributed by atoms with Gasteiger partial charge >= 0.3 is 5.97 Å². The summed E-state index contributed by atoms with van der Waals surface area (Å²) >= 11 is 0. The zero-order chi connectivity index (χ0) is 12.0. The molecule has 1 heterocycles. The monoisotopic (exact) mass is 226 g/mol. The standard InChI is InChI=1S/C10H18N4O2/c1-8(2)13-9(10(15)16-3)4-5-14-7-11-6-12-14/h6-9,13H,4-5H2,1-3H3. The van der Waals surface area contributed by atoms with Gasteiger partial charge in [-0.25, -0.2) is 4.98 Å². The predicted octanol–water partition coefficient (Wildman–Crippen LogP) is 0.208. The summed E-state index contributed by atoms with van der Waals surface area (Å²) in [6, 6.07) is -0.0611. The van der Waals surface area contributed by atoms with E-state index < -0.39 is 0 Å². The van der Waals surface area contributed by atoms with Gasteiger partial charge in [0.25, 0.3) is 0 Å². The number of aryl methyl sites for hydroxylation is 1. The molecule has 0 aliphatic heterocycles. The van der Waals surface area contributed by atoms with Crippen LogP contribution in [0.1, 0.15) is 20.3 Å². The van der Waals surface area contributed by atoms with Gasteiger partial charge in [-0.3, -0.25) is 9.48 Å². The Bertz CT molecular complexity index is 311. The van der Waals surface area contributed by atoms with Crippen LogP contribution in [-0.2, 0) is 16.1 Å². The topological polar surface area (TPSA) is 69.0 Å². The third-order valence-corrected chi connectivity index (χ3v) is 2.13. The summed E-state index contributed by atoms with van der Waals surface area (Å²) in [6.07, 6.45) is 3.74. The molecule has 0 spiro atoms. The van der Waals surface area contributed by atoms with E-state index in [1.165, 1.54) is 13.4 Å². The minimum absolute atomic E-state index is 0.236. The van der Waals surface area contributed by atoms with Crippen molar-refractivity contribution >= 4 is 5.97 Å². The molecule has 0 fully saturated rings. The van der Waals surface area contributed by atoms with Crippen LogP contribution >= 0.6 is 0 Å². The first kappa shape index (κ1) is 12.6. The van der Waals surface area contributed by atoms with Crippen molar-refractivity contribution in [2.24, 2.45) is 0 Å². The van der Waals surface area contributed by atoms with Gasteiger partial charge < -0.3 is 10.1 Å². The number of ether oxygens (including phenoxy) is 1. The van der Waals surface area contributed by atoms with Crippen molar-refractivity contribution in [3.8, 4) is 0 Å². The molecule has 1 N–H and O–H groups in total. The number of esters is 1. The average Bonchev–Trinajstić information content (AvgIpc) is 2.75. The van der Waals surface area contributed by atoms with Crippen molar-refractivity contribution in [1.29, 1.82) is 0 Å². The number of hydrogen-bond donors (Lipinski definition) is 1. The second-order valence-corrected chi connectivity index (χ2v) is 3.84.